The van der Waals surface area contributed by atoms with E-state index in [1.54, 1.807) is 0 Å². The number of hydrogen-bond donors (Lipinski definition) is 2. The smallest absolute Gasteiger partial charge is 0.165 e. The second kappa shape index (κ2) is 8.45. The third-order valence-electron chi connectivity index (χ3n) is 4.89. The van der Waals surface area contributed by atoms with Gasteiger partial charge in [-0.25, -0.2) is 18.7 Å². The molecule has 154 valence electrons. The lowest BCUT2D eigenvalue weighted by atomic mass is 10.2. The van der Waals surface area contributed by atoms with Gasteiger partial charge in [0.2, 0.25) is 0 Å². The minimum Gasteiger partial charge on any atom is -0.394 e. The summed E-state index contributed by atoms with van der Waals surface area (Å²) >= 11 is 7.16. The van der Waals surface area contributed by atoms with E-state index in [1.807, 2.05) is 11.4 Å². The largest absolute Gasteiger partial charge is 0.394 e. The molecule has 0 bridgehead atoms. The standard InChI is InChI=1S/C19H19ClF2N4O2S/c20-13-8-14(21)12(7-15(13)22)18-23-16-1-6-29-17(16)19(24-18)26-4-2-25(3-5-26)9-11(28)10-27/h1,6-8,11,27-28H,2-5,9-10H2. The first-order valence-electron chi connectivity index (χ1n) is 9.12. The van der Waals surface area contributed by atoms with Crippen molar-refractivity contribution in [2.75, 3.05) is 44.2 Å². The fourth-order valence-electron chi connectivity index (χ4n) is 3.37. The molecule has 2 aromatic heterocycles. The Hall–Kier alpha value is -1.91. The SMILES string of the molecule is OCC(O)CN1CCN(c2nc(-c3cc(F)c(Cl)cc3F)nc3ccsc23)CC1. The van der Waals surface area contributed by atoms with Gasteiger partial charge in [0.25, 0.3) is 0 Å². The predicted octanol–water partition coefficient (Wildman–Crippen LogP) is 2.77. The average Bonchev–Trinajstić information content (AvgIpc) is 3.19. The van der Waals surface area contributed by atoms with Crippen molar-refractivity contribution in [3.8, 4) is 11.4 Å². The summed E-state index contributed by atoms with van der Waals surface area (Å²) in [7, 11) is 0. The number of thiophene rings is 1. The van der Waals surface area contributed by atoms with Crippen LogP contribution in [0.3, 0.4) is 0 Å². The number of aliphatic hydroxyl groups excluding tert-OH is 2. The van der Waals surface area contributed by atoms with Gasteiger partial charge < -0.3 is 15.1 Å². The van der Waals surface area contributed by atoms with E-state index >= 15 is 0 Å². The first kappa shape index (κ1) is 20.4. The molecule has 10 heteroatoms. The predicted molar refractivity (Wildman–Crippen MR) is 110 cm³/mol. The molecule has 2 N–H and O–H groups in total. The highest BCUT2D eigenvalue weighted by molar-refractivity contribution is 7.17. The van der Waals surface area contributed by atoms with Crippen molar-refractivity contribution in [1.82, 2.24) is 14.9 Å². The van der Waals surface area contributed by atoms with E-state index in [1.165, 1.54) is 11.3 Å². The maximum absolute atomic E-state index is 14.4. The molecule has 1 fully saturated rings. The summed E-state index contributed by atoms with van der Waals surface area (Å²) in [5.74, 6) is -0.622. The van der Waals surface area contributed by atoms with Crippen molar-refractivity contribution < 1.29 is 19.0 Å². The van der Waals surface area contributed by atoms with Crippen LogP contribution in [0.4, 0.5) is 14.6 Å². The molecule has 0 aliphatic carbocycles. The summed E-state index contributed by atoms with van der Waals surface area (Å²) in [6, 6.07) is 3.77. The monoisotopic (exact) mass is 440 g/mol. The Morgan fingerprint density at radius 1 is 1.14 bits per heavy atom. The second-order valence-electron chi connectivity index (χ2n) is 6.88. The number of rotatable bonds is 5. The molecule has 1 saturated heterocycles. The van der Waals surface area contributed by atoms with Crippen molar-refractivity contribution in [3.63, 3.8) is 0 Å². The molecule has 1 aromatic carbocycles. The summed E-state index contributed by atoms with van der Waals surface area (Å²) < 4.78 is 29.2. The lowest BCUT2D eigenvalue weighted by Crippen LogP contribution is -2.49. The Morgan fingerprint density at radius 2 is 1.90 bits per heavy atom. The Balaban J connectivity index is 1.66. The number of anilines is 1. The molecule has 1 atom stereocenters. The number of benzene rings is 1. The zero-order valence-electron chi connectivity index (χ0n) is 15.4. The average molecular weight is 441 g/mol. The maximum Gasteiger partial charge on any atom is 0.165 e. The van der Waals surface area contributed by atoms with Crippen LogP contribution < -0.4 is 4.90 Å². The Labute approximate surface area is 175 Å². The topological polar surface area (TPSA) is 72.7 Å². The number of nitrogens with zero attached hydrogens (tertiary/aromatic N) is 4. The van der Waals surface area contributed by atoms with Crippen LogP contribution in [0.25, 0.3) is 21.6 Å². The molecule has 0 amide bonds. The molecule has 4 rings (SSSR count). The summed E-state index contributed by atoms with van der Waals surface area (Å²) in [6.45, 7) is 2.82. The molecule has 1 aliphatic rings. The molecule has 29 heavy (non-hydrogen) atoms. The van der Waals surface area contributed by atoms with Crippen molar-refractivity contribution in [2.24, 2.45) is 0 Å². The molecule has 6 nitrogen and oxygen atoms in total. The summed E-state index contributed by atoms with van der Waals surface area (Å²) in [5, 5.41) is 20.3. The van der Waals surface area contributed by atoms with E-state index in [4.69, 9.17) is 16.7 Å². The fourth-order valence-corrected chi connectivity index (χ4v) is 4.37. The van der Waals surface area contributed by atoms with Gasteiger partial charge in [0.05, 0.1) is 33.5 Å². The number of aromatic nitrogens is 2. The summed E-state index contributed by atoms with van der Waals surface area (Å²) in [4.78, 5) is 13.1. The van der Waals surface area contributed by atoms with Gasteiger partial charge in [0, 0.05) is 32.7 Å². The van der Waals surface area contributed by atoms with Gasteiger partial charge in [-0.15, -0.1) is 11.3 Å². The molecular weight excluding hydrogens is 422 g/mol. The minimum atomic E-state index is -0.765. The molecular formula is C19H19ClF2N4O2S. The minimum absolute atomic E-state index is 0.0362. The normalized spacial score (nSPS) is 16.5. The Kier molecular flexibility index (Phi) is 5.93. The first-order valence-corrected chi connectivity index (χ1v) is 10.4. The quantitative estimate of drug-likeness (QED) is 0.594. The number of aliphatic hydroxyl groups is 2. The van der Waals surface area contributed by atoms with Gasteiger partial charge in [0.1, 0.15) is 11.6 Å². The molecule has 1 aliphatic heterocycles. The van der Waals surface area contributed by atoms with Gasteiger partial charge in [-0.2, -0.15) is 0 Å². The lowest BCUT2D eigenvalue weighted by molar-refractivity contribution is 0.0574. The van der Waals surface area contributed by atoms with Crippen molar-refractivity contribution in [3.05, 3.63) is 40.2 Å². The first-order chi connectivity index (χ1) is 14.0. The van der Waals surface area contributed by atoms with Crippen molar-refractivity contribution in [1.29, 1.82) is 0 Å². The maximum atomic E-state index is 14.4. The summed E-state index contributed by atoms with van der Waals surface area (Å²) in [5.41, 5.74) is 0.633. The van der Waals surface area contributed by atoms with Crippen LogP contribution >= 0.6 is 22.9 Å². The van der Waals surface area contributed by atoms with Crippen LogP contribution in [0.1, 0.15) is 0 Å². The van der Waals surface area contributed by atoms with E-state index in [0.717, 1.165) is 16.8 Å². The summed E-state index contributed by atoms with van der Waals surface area (Å²) in [6.07, 6.45) is -0.765. The van der Waals surface area contributed by atoms with Gasteiger partial charge >= 0.3 is 0 Å². The third kappa shape index (κ3) is 4.19. The fraction of sp³-hybridized carbons (Fsp3) is 0.368. The highest BCUT2D eigenvalue weighted by atomic mass is 35.5. The third-order valence-corrected chi connectivity index (χ3v) is 6.08. The van der Waals surface area contributed by atoms with Crippen LogP contribution in [0, 0.1) is 11.6 Å². The number of halogens is 3. The molecule has 0 radical (unpaired) electrons. The van der Waals surface area contributed by atoms with E-state index in [9.17, 15) is 13.9 Å². The molecule has 0 spiro atoms. The van der Waals surface area contributed by atoms with Gasteiger partial charge in [-0.1, -0.05) is 11.6 Å². The van der Waals surface area contributed by atoms with Crippen LogP contribution in [0.5, 0.6) is 0 Å². The highest BCUT2D eigenvalue weighted by Crippen LogP contribution is 2.33. The Bertz CT molecular complexity index is 1030. The van der Waals surface area contributed by atoms with E-state index in [2.05, 4.69) is 19.8 Å². The van der Waals surface area contributed by atoms with E-state index < -0.39 is 17.7 Å². The van der Waals surface area contributed by atoms with Crippen molar-refractivity contribution in [2.45, 2.75) is 6.10 Å². The van der Waals surface area contributed by atoms with Gasteiger partial charge in [-0.05, 0) is 23.6 Å². The highest BCUT2D eigenvalue weighted by Gasteiger charge is 2.24. The zero-order chi connectivity index (χ0) is 20.5. The van der Waals surface area contributed by atoms with Crippen molar-refractivity contribution >= 4 is 39.0 Å². The lowest BCUT2D eigenvalue weighted by Gasteiger charge is -2.36. The number of fused-ring (bicyclic) bond motifs is 1. The molecule has 1 unspecified atom stereocenters. The number of hydrogen-bond acceptors (Lipinski definition) is 7. The van der Waals surface area contributed by atoms with E-state index in [-0.39, 0.29) is 23.0 Å². The van der Waals surface area contributed by atoms with Crippen LogP contribution in [-0.2, 0) is 0 Å². The molecule has 0 saturated carbocycles. The number of β-amino-alcohol motifs (C(OH)–C–C–N with tert-alkyl or cyclic N) is 1. The number of piperazine rings is 1. The van der Waals surface area contributed by atoms with Crippen LogP contribution in [0.2, 0.25) is 5.02 Å². The zero-order valence-corrected chi connectivity index (χ0v) is 16.9. The van der Waals surface area contributed by atoms with Crippen LogP contribution in [0.15, 0.2) is 23.6 Å². The van der Waals surface area contributed by atoms with Gasteiger partial charge in [0.15, 0.2) is 11.6 Å². The van der Waals surface area contributed by atoms with E-state index in [0.29, 0.717) is 44.1 Å². The molecule has 3 aromatic rings. The second-order valence-corrected chi connectivity index (χ2v) is 8.20. The van der Waals surface area contributed by atoms with Gasteiger partial charge in [-0.3, -0.25) is 4.90 Å². The van der Waals surface area contributed by atoms with Crippen LogP contribution in [-0.4, -0.2) is 70.5 Å². The molecule has 3 heterocycles. The Morgan fingerprint density at radius 3 is 2.62 bits per heavy atom.